The lowest BCUT2D eigenvalue weighted by molar-refractivity contribution is -0.118. The van der Waals surface area contributed by atoms with Crippen LogP contribution in [0, 0.1) is 0 Å². The zero-order chi connectivity index (χ0) is 15.9. The van der Waals surface area contributed by atoms with E-state index in [1.807, 2.05) is 30.3 Å². The molecular weight excluding hydrogens is 280 g/mol. The Labute approximate surface area is 129 Å². The van der Waals surface area contributed by atoms with Gasteiger partial charge in [0, 0.05) is 17.8 Å². The van der Waals surface area contributed by atoms with E-state index < -0.39 is 5.91 Å². The molecule has 0 aliphatic carbocycles. The summed E-state index contributed by atoms with van der Waals surface area (Å²) in [5.74, 6) is -0.615. The summed E-state index contributed by atoms with van der Waals surface area (Å²) in [7, 11) is 0. The fourth-order valence-electron chi connectivity index (χ4n) is 2.16. The second-order valence-corrected chi connectivity index (χ2v) is 4.84. The van der Waals surface area contributed by atoms with Crippen LogP contribution in [0.25, 0.3) is 0 Å². The Hall–Kier alpha value is -2.66. The fraction of sp³-hybridized carbons (Fsp3) is 0.176. The Bertz CT molecular complexity index is 639. The first-order chi connectivity index (χ1) is 10.6. The number of hydrogen-bond donors (Lipinski definition) is 2. The first-order valence-electron chi connectivity index (χ1n) is 6.97. The van der Waals surface area contributed by atoms with Crippen molar-refractivity contribution < 1.29 is 14.7 Å². The van der Waals surface area contributed by atoms with Gasteiger partial charge in [-0.05, 0) is 29.8 Å². The van der Waals surface area contributed by atoms with Crippen LogP contribution in [-0.4, -0.2) is 30.1 Å². The summed E-state index contributed by atoms with van der Waals surface area (Å²) >= 11 is 0. The van der Waals surface area contributed by atoms with E-state index in [0.29, 0.717) is 5.56 Å². The molecule has 0 aromatic heterocycles. The third-order valence-corrected chi connectivity index (χ3v) is 3.29. The monoisotopic (exact) mass is 298 g/mol. The number of aliphatic hydroxyl groups excluding tert-OH is 1. The van der Waals surface area contributed by atoms with Gasteiger partial charge >= 0.3 is 0 Å². The van der Waals surface area contributed by atoms with Gasteiger partial charge in [-0.15, -0.1) is 0 Å². The maximum absolute atomic E-state index is 12.4. The van der Waals surface area contributed by atoms with E-state index in [-0.39, 0.29) is 25.5 Å². The van der Waals surface area contributed by atoms with Crippen LogP contribution < -0.4 is 10.6 Å². The molecule has 0 heterocycles. The van der Waals surface area contributed by atoms with E-state index in [1.54, 1.807) is 29.2 Å². The molecule has 3 N–H and O–H groups in total. The predicted molar refractivity (Wildman–Crippen MR) is 84.5 cm³/mol. The SMILES string of the molecule is NC(=O)c1ccc(CC(=O)N(CCO)c2ccccc2)cc1. The Kier molecular flexibility index (Phi) is 5.27. The quantitative estimate of drug-likeness (QED) is 0.844. The van der Waals surface area contributed by atoms with Crippen LogP contribution in [0.1, 0.15) is 15.9 Å². The van der Waals surface area contributed by atoms with Gasteiger partial charge in [0.15, 0.2) is 0 Å². The summed E-state index contributed by atoms with van der Waals surface area (Å²) in [6, 6.07) is 15.8. The Balaban J connectivity index is 2.12. The molecule has 0 atom stereocenters. The van der Waals surface area contributed by atoms with Gasteiger partial charge in [-0.25, -0.2) is 0 Å². The first-order valence-corrected chi connectivity index (χ1v) is 6.97. The van der Waals surface area contributed by atoms with Crippen LogP contribution in [0.4, 0.5) is 5.69 Å². The highest BCUT2D eigenvalue weighted by atomic mass is 16.3. The lowest BCUT2D eigenvalue weighted by atomic mass is 10.1. The number of para-hydroxylation sites is 1. The highest BCUT2D eigenvalue weighted by molar-refractivity contribution is 5.95. The minimum Gasteiger partial charge on any atom is -0.395 e. The smallest absolute Gasteiger partial charge is 0.248 e. The highest BCUT2D eigenvalue weighted by Gasteiger charge is 2.15. The predicted octanol–water partition coefficient (Wildman–Crippen LogP) is 1.35. The molecule has 0 radical (unpaired) electrons. The molecule has 0 unspecified atom stereocenters. The number of carbonyl (C=O) groups is 2. The normalized spacial score (nSPS) is 10.2. The lowest BCUT2D eigenvalue weighted by Crippen LogP contribution is -2.34. The molecule has 5 nitrogen and oxygen atoms in total. The average molecular weight is 298 g/mol. The Morgan fingerprint density at radius 1 is 1.00 bits per heavy atom. The number of carbonyl (C=O) groups excluding carboxylic acids is 2. The van der Waals surface area contributed by atoms with E-state index in [2.05, 4.69) is 0 Å². The molecule has 5 heteroatoms. The number of anilines is 1. The van der Waals surface area contributed by atoms with Crippen molar-refractivity contribution in [3.05, 3.63) is 65.7 Å². The van der Waals surface area contributed by atoms with Crippen LogP contribution in [0.15, 0.2) is 54.6 Å². The van der Waals surface area contributed by atoms with Crippen LogP contribution in [-0.2, 0) is 11.2 Å². The van der Waals surface area contributed by atoms with Crippen molar-refractivity contribution in [3.63, 3.8) is 0 Å². The minimum atomic E-state index is -0.496. The third-order valence-electron chi connectivity index (χ3n) is 3.29. The van der Waals surface area contributed by atoms with Crippen LogP contribution in [0.3, 0.4) is 0 Å². The first kappa shape index (κ1) is 15.7. The van der Waals surface area contributed by atoms with Gasteiger partial charge in [0.2, 0.25) is 11.8 Å². The molecule has 0 saturated heterocycles. The van der Waals surface area contributed by atoms with Crippen LogP contribution in [0.2, 0.25) is 0 Å². The zero-order valence-corrected chi connectivity index (χ0v) is 12.1. The lowest BCUT2D eigenvalue weighted by Gasteiger charge is -2.22. The molecule has 0 aliphatic heterocycles. The third kappa shape index (κ3) is 3.93. The van der Waals surface area contributed by atoms with Crippen molar-refractivity contribution in [3.8, 4) is 0 Å². The minimum absolute atomic E-state index is 0.110. The molecule has 2 amide bonds. The maximum Gasteiger partial charge on any atom is 0.248 e. The molecule has 2 aromatic carbocycles. The molecule has 2 aromatic rings. The summed E-state index contributed by atoms with van der Waals surface area (Å²) < 4.78 is 0. The molecule has 0 fully saturated rings. The van der Waals surface area contributed by atoms with E-state index in [0.717, 1.165) is 11.3 Å². The van der Waals surface area contributed by atoms with Crippen molar-refractivity contribution in [1.82, 2.24) is 0 Å². The number of primary amides is 1. The van der Waals surface area contributed by atoms with Crippen LogP contribution in [0.5, 0.6) is 0 Å². The molecule has 0 bridgehead atoms. The van der Waals surface area contributed by atoms with Gasteiger partial charge in [-0.2, -0.15) is 0 Å². The standard InChI is InChI=1S/C17H18N2O3/c18-17(22)14-8-6-13(7-9-14)12-16(21)19(10-11-20)15-4-2-1-3-5-15/h1-9,20H,10-12H2,(H2,18,22). The van der Waals surface area contributed by atoms with Gasteiger partial charge in [-0.3, -0.25) is 9.59 Å². The van der Waals surface area contributed by atoms with Crippen molar-refractivity contribution in [2.75, 3.05) is 18.1 Å². The molecule has 22 heavy (non-hydrogen) atoms. The molecule has 0 saturated carbocycles. The van der Waals surface area contributed by atoms with Gasteiger partial charge in [-0.1, -0.05) is 30.3 Å². The fourth-order valence-corrected chi connectivity index (χ4v) is 2.16. The number of amides is 2. The Morgan fingerprint density at radius 2 is 1.64 bits per heavy atom. The van der Waals surface area contributed by atoms with Crippen molar-refractivity contribution in [2.45, 2.75) is 6.42 Å². The van der Waals surface area contributed by atoms with Gasteiger partial charge in [0.05, 0.1) is 13.0 Å². The average Bonchev–Trinajstić information content (AvgIpc) is 2.53. The van der Waals surface area contributed by atoms with Crippen molar-refractivity contribution >= 4 is 17.5 Å². The summed E-state index contributed by atoms with van der Waals surface area (Å²) in [4.78, 5) is 25.0. The summed E-state index contributed by atoms with van der Waals surface area (Å²) in [5.41, 5.74) is 7.13. The number of nitrogens with zero attached hydrogens (tertiary/aromatic N) is 1. The van der Waals surface area contributed by atoms with Crippen molar-refractivity contribution in [1.29, 1.82) is 0 Å². The number of hydrogen-bond acceptors (Lipinski definition) is 3. The summed E-state index contributed by atoms with van der Waals surface area (Å²) in [6.07, 6.45) is 0.188. The number of nitrogens with two attached hydrogens (primary N) is 1. The number of benzene rings is 2. The molecule has 0 spiro atoms. The second-order valence-electron chi connectivity index (χ2n) is 4.84. The molecule has 2 rings (SSSR count). The van der Waals surface area contributed by atoms with E-state index >= 15 is 0 Å². The van der Waals surface area contributed by atoms with Gasteiger partial charge < -0.3 is 15.7 Å². The van der Waals surface area contributed by atoms with E-state index in [1.165, 1.54) is 0 Å². The maximum atomic E-state index is 12.4. The van der Waals surface area contributed by atoms with E-state index in [9.17, 15) is 9.59 Å². The van der Waals surface area contributed by atoms with E-state index in [4.69, 9.17) is 10.8 Å². The molecule has 114 valence electrons. The van der Waals surface area contributed by atoms with Gasteiger partial charge in [0.25, 0.3) is 0 Å². The largest absolute Gasteiger partial charge is 0.395 e. The highest BCUT2D eigenvalue weighted by Crippen LogP contribution is 2.15. The topological polar surface area (TPSA) is 83.6 Å². The van der Waals surface area contributed by atoms with Gasteiger partial charge in [0.1, 0.15) is 0 Å². The molecule has 0 aliphatic rings. The summed E-state index contributed by atoms with van der Waals surface area (Å²) in [5, 5.41) is 9.17. The zero-order valence-electron chi connectivity index (χ0n) is 12.1. The van der Waals surface area contributed by atoms with Crippen LogP contribution >= 0.6 is 0 Å². The van der Waals surface area contributed by atoms with Crippen molar-refractivity contribution in [2.24, 2.45) is 5.73 Å². The number of aliphatic hydroxyl groups is 1. The second kappa shape index (κ2) is 7.38. The Morgan fingerprint density at radius 3 is 2.18 bits per heavy atom. The summed E-state index contributed by atoms with van der Waals surface area (Å²) in [6.45, 7) is 0.128. The number of rotatable bonds is 6. The molecular formula is C17H18N2O3.